The second-order valence-corrected chi connectivity index (χ2v) is 4.61. The molecule has 1 aromatic heterocycles. The Hall–Kier alpha value is -2.96. The smallest absolute Gasteiger partial charge is 0.212 e. The van der Waals surface area contributed by atoms with Crippen LogP contribution in [0.25, 0.3) is 0 Å². The molecule has 0 saturated carbocycles. The van der Waals surface area contributed by atoms with Gasteiger partial charge in [-0.05, 0) is 17.7 Å². The third-order valence-electron chi connectivity index (χ3n) is 3.09. The van der Waals surface area contributed by atoms with Gasteiger partial charge in [-0.25, -0.2) is 9.98 Å². The molecule has 0 bridgehead atoms. The Kier molecular flexibility index (Phi) is 5.62. The number of methoxy groups -OCH3 is 3. The summed E-state index contributed by atoms with van der Waals surface area (Å²) in [4.78, 5) is 8.39. The number of nitrogens with two attached hydrogens (primary N) is 1. The maximum atomic E-state index is 5.89. The van der Waals surface area contributed by atoms with E-state index in [0.29, 0.717) is 29.9 Å². The highest BCUT2D eigenvalue weighted by molar-refractivity contribution is 5.92. The molecule has 1 aromatic carbocycles. The van der Waals surface area contributed by atoms with Crippen molar-refractivity contribution in [3.63, 3.8) is 0 Å². The summed E-state index contributed by atoms with van der Waals surface area (Å²) in [6, 6.07) is 9.08. The summed E-state index contributed by atoms with van der Waals surface area (Å²) in [6.45, 7) is 0.420. The summed E-state index contributed by atoms with van der Waals surface area (Å²) in [7, 11) is 4.74. The summed E-state index contributed by atoms with van der Waals surface area (Å²) in [6.07, 6.45) is 1.70. The number of aliphatic imine (C=N–C) groups is 1. The average molecular weight is 316 g/mol. The lowest BCUT2D eigenvalue weighted by Gasteiger charge is -2.11. The van der Waals surface area contributed by atoms with Gasteiger partial charge in [-0.2, -0.15) is 0 Å². The standard InChI is InChI=1S/C16H20N4O3/c1-21-13-6-5-12(8-14(13)22-2)20-16(17)19-10-11-4-7-15(23-3)18-9-11/h4-9H,10H2,1-3H3,(H3,17,19,20). The fourth-order valence-electron chi connectivity index (χ4n) is 1.90. The lowest BCUT2D eigenvalue weighted by Crippen LogP contribution is -2.22. The van der Waals surface area contributed by atoms with Crippen LogP contribution in [-0.2, 0) is 6.54 Å². The highest BCUT2D eigenvalue weighted by Crippen LogP contribution is 2.29. The molecule has 0 spiro atoms. The van der Waals surface area contributed by atoms with Gasteiger partial charge in [0.15, 0.2) is 17.5 Å². The molecule has 0 unspecified atom stereocenters. The van der Waals surface area contributed by atoms with E-state index in [1.54, 1.807) is 45.7 Å². The summed E-state index contributed by atoms with van der Waals surface area (Å²) in [5.74, 6) is 2.13. The number of ether oxygens (including phenoxy) is 3. The molecule has 0 aliphatic rings. The monoisotopic (exact) mass is 316 g/mol. The Labute approximate surface area is 135 Å². The van der Waals surface area contributed by atoms with E-state index in [0.717, 1.165) is 11.3 Å². The van der Waals surface area contributed by atoms with Crippen molar-refractivity contribution in [1.82, 2.24) is 4.98 Å². The molecule has 122 valence electrons. The molecule has 7 heteroatoms. The summed E-state index contributed by atoms with van der Waals surface area (Å²) >= 11 is 0. The molecule has 7 nitrogen and oxygen atoms in total. The maximum Gasteiger partial charge on any atom is 0.212 e. The number of nitrogens with zero attached hydrogens (tertiary/aromatic N) is 2. The zero-order valence-electron chi connectivity index (χ0n) is 13.4. The minimum Gasteiger partial charge on any atom is -0.493 e. The number of benzene rings is 1. The summed E-state index contributed by atoms with van der Waals surface area (Å²) < 4.78 is 15.4. The van der Waals surface area contributed by atoms with Crippen LogP contribution in [0.4, 0.5) is 5.69 Å². The van der Waals surface area contributed by atoms with Crippen LogP contribution in [0.5, 0.6) is 17.4 Å². The molecule has 0 fully saturated rings. The second-order valence-electron chi connectivity index (χ2n) is 4.61. The molecule has 0 amide bonds. The van der Waals surface area contributed by atoms with Gasteiger partial charge in [0, 0.05) is 24.0 Å². The molecule has 3 N–H and O–H groups in total. The van der Waals surface area contributed by atoms with Gasteiger partial charge in [0.25, 0.3) is 0 Å². The van der Waals surface area contributed by atoms with Crippen LogP contribution in [0.2, 0.25) is 0 Å². The van der Waals surface area contributed by atoms with Crippen LogP contribution < -0.4 is 25.3 Å². The number of guanidine groups is 1. The number of hydrogen-bond donors (Lipinski definition) is 2. The molecule has 0 aliphatic heterocycles. The van der Waals surface area contributed by atoms with E-state index >= 15 is 0 Å². The van der Waals surface area contributed by atoms with E-state index in [1.807, 2.05) is 12.1 Å². The predicted octanol–water partition coefficient (Wildman–Crippen LogP) is 2.03. The normalized spacial score (nSPS) is 11.0. The fraction of sp³-hybridized carbons (Fsp3) is 0.250. The predicted molar refractivity (Wildman–Crippen MR) is 89.3 cm³/mol. The molecule has 2 rings (SSSR count). The van der Waals surface area contributed by atoms with Crippen molar-refractivity contribution in [1.29, 1.82) is 0 Å². The first-order valence-electron chi connectivity index (χ1n) is 6.94. The van der Waals surface area contributed by atoms with Gasteiger partial charge in [0.05, 0.1) is 27.9 Å². The van der Waals surface area contributed by atoms with E-state index in [4.69, 9.17) is 19.9 Å². The number of hydrogen-bond acceptors (Lipinski definition) is 5. The van der Waals surface area contributed by atoms with Crippen molar-refractivity contribution < 1.29 is 14.2 Å². The van der Waals surface area contributed by atoms with Gasteiger partial charge in [0.1, 0.15) is 0 Å². The zero-order chi connectivity index (χ0) is 16.7. The SMILES string of the molecule is COc1ccc(CN=C(N)Nc2ccc(OC)c(OC)c2)cn1. The van der Waals surface area contributed by atoms with Crippen molar-refractivity contribution in [2.24, 2.45) is 10.7 Å². The van der Waals surface area contributed by atoms with Crippen LogP contribution >= 0.6 is 0 Å². The first-order chi connectivity index (χ1) is 11.2. The average Bonchev–Trinajstić information content (AvgIpc) is 2.60. The van der Waals surface area contributed by atoms with E-state index in [9.17, 15) is 0 Å². The van der Waals surface area contributed by atoms with Crippen LogP contribution in [0.3, 0.4) is 0 Å². The van der Waals surface area contributed by atoms with E-state index in [2.05, 4.69) is 15.3 Å². The maximum absolute atomic E-state index is 5.89. The van der Waals surface area contributed by atoms with E-state index in [1.165, 1.54) is 0 Å². The summed E-state index contributed by atoms with van der Waals surface area (Å²) in [5, 5.41) is 3.01. The third-order valence-corrected chi connectivity index (χ3v) is 3.09. The minimum absolute atomic E-state index is 0.299. The van der Waals surface area contributed by atoms with Gasteiger partial charge in [-0.1, -0.05) is 6.07 Å². The first kappa shape index (κ1) is 16.4. The number of nitrogens with one attached hydrogen (secondary N) is 1. The van der Waals surface area contributed by atoms with E-state index < -0.39 is 0 Å². The zero-order valence-corrected chi connectivity index (χ0v) is 13.4. The molecule has 0 atom stereocenters. The molecule has 2 aromatic rings. The minimum atomic E-state index is 0.299. The second kappa shape index (κ2) is 7.88. The Bertz CT molecular complexity index is 672. The van der Waals surface area contributed by atoms with Gasteiger partial charge < -0.3 is 25.3 Å². The highest BCUT2D eigenvalue weighted by Gasteiger charge is 2.05. The molecule has 1 heterocycles. The van der Waals surface area contributed by atoms with Crippen LogP contribution in [0, 0.1) is 0 Å². The van der Waals surface area contributed by atoms with Crippen molar-refractivity contribution in [3.05, 3.63) is 42.1 Å². The van der Waals surface area contributed by atoms with Crippen LogP contribution in [0.15, 0.2) is 41.5 Å². The van der Waals surface area contributed by atoms with Gasteiger partial charge in [-0.3, -0.25) is 0 Å². The molecule has 23 heavy (non-hydrogen) atoms. The Morgan fingerprint density at radius 1 is 1.09 bits per heavy atom. The first-order valence-corrected chi connectivity index (χ1v) is 6.94. The topological polar surface area (TPSA) is 91.0 Å². The van der Waals surface area contributed by atoms with Gasteiger partial charge >= 0.3 is 0 Å². The Morgan fingerprint density at radius 3 is 2.48 bits per heavy atom. The number of aromatic nitrogens is 1. The molecule has 0 radical (unpaired) electrons. The Morgan fingerprint density at radius 2 is 1.87 bits per heavy atom. The van der Waals surface area contributed by atoms with Gasteiger partial charge in [0.2, 0.25) is 5.88 Å². The third kappa shape index (κ3) is 4.50. The fourth-order valence-corrected chi connectivity index (χ4v) is 1.90. The largest absolute Gasteiger partial charge is 0.493 e. The molecular weight excluding hydrogens is 296 g/mol. The number of anilines is 1. The van der Waals surface area contributed by atoms with Crippen molar-refractivity contribution in [2.45, 2.75) is 6.54 Å². The number of pyridine rings is 1. The quantitative estimate of drug-likeness (QED) is 0.626. The summed E-state index contributed by atoms with van der Waals surface area (Å²) in [5.41, 5.74) is 7.59. The molecule has 0 saturated heterocycles. The number of rotatable bonds is 6. The van der Waals surface area contributed by atoms with E-state index in [-0.39, 0.29) is 0 Å². The van der Waals surface area contributed by atoms with Crippen molar-refractivity contribution in [3.8, 4) is 17.4 Å². The molecule has 0 aliphatic carbocycles. The Balaban J connectivity index is 2.01. The van der Waals surface area contributed by atoms with Gasteiger partial charge in [-0.15, -0.1) is 0 Å². The molecular formula is C16H20N4O3. The van der Waals surface area contributed by atoms with Crippen LogP contribution in [-0.4, -0.2) is 32.3 Å². The van der Waals surface area contributed by atoms with Crippen molar-refractivity contribution in [2.75, 3.05) is 26.6 Å². The highest BCUT2D eigenvalue weighted by atomic mass is 16.5. The lowest BCUT2D eigenvalue weighted by molar-refractivity contribution is 0.355. The van der Waals surface area contributed by atoms with Crippen LogP contribution in [0.1, 0.15) is 5.56 Å². The van der Waals surface area contributed by atoms with Crippen molar-refractivity contribution >= 4 is 11.6 Å². The lowest BCUT2D eigenvalue weighted by atomic mass is 10.2.